The summed E-state index contributed by atoms with van der Waals surface area (Å²) in [4.78, 5) is 22.5. The number of benzene rings is 1. The van der Waals surface area contributed by atoms with Crippen molar-refractivity contribution in [2.45, 2.75) is 18.7 Å². The summed E-state index contributed by atoms with van der Waals surface area (Å²) in [5.74, 6) is -3.06. The Kier molecular flexibility index (Phi) is 4.36. The summed E-state index contributed by atoms with van der Waals surface area (Å²) in [5, 5.41) is 8.83. The number of esters is 1. The van der Waals surface area contributed by atoms with Crippen LogP contribution in [0.3, 0.4) is 0 Å². The van der Waals surface area contributed by atoms with Gasteiger partial charge in [-0.05, 0) is 19.1 Å². The zero-order valence-electron chi connectivity index (χ0n) is 10.2. The fourth-order valence-corrected chi connectivity index (χ4v) is 1.27. The van der Waals surface area contributed by atoms with E-state index in [1.807, 2.05) is 0 Å². The van der Waals surface area contributed by atoms with Crippen LogP contribution in [0.25, 0.3) is 0 Å². The molecule has 0 bridgehead atoms. The molecule has 1 aromatic carbocycles. The van der Waals surface area contributed by atoms with Crippen LogP contribution in [0.5, 0.6) is 0 Å². The highest BCUT2D eigenvalue weighted by Gasteiger charge is 2.55. The topological polar surface area (TPSA) is 63.6 Å². The number of aromatic carboxylic acids is 1. The molecule has 4 nitrogen and oxygen atoms in total. The molecule has 8 heteroatoms. The Morgan fingerprint density at radius 3 is 2.10 bits per heavy atom. The van der Waals surface area contributed by atoms with Gasteiger partial charge in [-0.1, -0.05) is 12.1 Å². The van der Waals surface area contributed by atoms with Gasteiger partial charge in [0.1, 0.15) is 6.67 Å². The minimum atomic E-state index is -5.12. The van der Waals surface area contributed by atoms with Crippen molar-refractivity contribution in [3.05, 3.63) is 35.4 Å². The Morgan fingerprint density at radius 2 is 1.70 bits per heavy atom. The molecule has 0 aliphatic heterocycles. The summed E-state index contributed by atoms with van der Waals surface area (Å²) in [5.41, 5.74) is -4.43. The fourth-order valence-electron chi connectivity index (χ4n) is 1.27. The second-order valence-corrected chi connectivity index (χ2v) is 4.10. The summed E-state index contributed by atoms with van der Waals surface area (Å²) in [7, 11) is 0. The van der Waals surface area contributed by atoms with Crippen molar-refractivity contribution < 1.29 is 37.0 Å². The van der Waals surface area contributed by atoms with E-state index < -0.39 is 41.5 Å². The van der Waals surface area contributed by atoms with Crippen LogP contribution < -0.4 is 0 Å². The standard InChI is InChI=1S/C12H10F4O4/c1-11(6-13,12(14,15)16)20-10(19)8-5-3-2-4-7(8)9(17)18/h2-5H,6H2,1H3,(H,17,18). The van der Waals surface area contributed by atoms with Gasteiger partial charge in [-0.25, -0.2) is 14.0 Å². The minimum absolute atomic E-state index is 0.369. The first-order valence-corrected chi connectivity index (χ1v) is 5.31. The number of halogens is 4. The maximum absolute atomic E-state index is 12.6. The lowest BCUT2D eigenvalue weighted by molar-refractivity contribution is -0.256. The van der Waals surface area contributed by atoms with Crippen molar-refractivity contribution in [2.75, 3.05) is 6.67 Å². The van der Waals surface area contributed by atoms with E-state index in [2.05, 4.69) is 4.74 Å². The van der Waals surface area contributed by atoms with Crippen molar-refractivity contribution >= 4 is 11.9 Å². The molecule has 0 aliphatic carbocycles. The van der Waals surface area contributed by atoms with Crippen molar-refractivity contribution in [3.8, 4) is 0 Å². The third kappa shape index (κ3) is 3.06. The fraction of sp³-hybridized carbons (Fsp3) is 0.333. The molecule has 1 atom stereocenters. The lowest BCUT2D eigenvalue weighted by atomic mass is 10.1. The molecule has 0 saturated carbocycles. The Morgan fingerprint density at radius 1 is 1.20 bits per heavy atom. The summed E-state index contributed by atoms with van der Waals surface area (Å²) < 4.78 is 54.5. The second-order valence-electron chi connectivity index (χ2n) is 4.10. The van der Waals surface area contributed by atoms with E-state index in [0.29, 0.717) is 6.92 Å². The number of ether oxygens (including phenoxy) is 1. The Balaban J connectivity index is 3.12. The zero-order valence-corrected chi connectivity index (χ0v) is 10.2. The molecule has 0 fully saturated rings. The number of rotatable bonds is 4. The normalized spacial score (nSPS) is 14.4. The number of hydrogen-bond acceptors (Lipinski definition) is 3. The SMILES string of the molecule is CC(CF)(OC(=O)c1ccccc1C(=O)O)C(F)(F)F. The molecule has 1 unspecified atom stereocenters. The molecule has 1 aromatic rings. The summed E-state index contributed by atoms with van der Waals surface area (Å²) >= 11 is 0. The molecular formula is C12H10F4O4. The second kappa shape index (κ2) is 5.48. The van der Waals surface area contributed by atoms with Crippen LogP contribution in [0.1, 0.15) is 27.6 Å². The number of carbonyl (C=O) groups is 2. The van der Waals surface area contributed by atoms with Crippen molar-refractivity contribution in [2.24, 2.45) is 0 Å². The Hall–Kier alpha value is -2.12. The van der Waals surface area contributed by atoms with E-state index >= 15 is 0 Å². The van der Waals surface area contributed by atoms with Gasteiger partial charge in [0.25, 0.3) is 0 Å². The van der Waals surface area contributed by atoms with E-state index in [1.54, 1.807) is 0 Å². The van der Waals surface area contributed by atoms with E-state index in [9.17, 15) is 27.2 Å². The van der Waals surface area contributed by atoms with Crippen LogP contribution in [-0.2, 0) is 4.74 Å². The average Bonchev–Trinajstić information content (AvgIpc) is 2.37. The average molecular weight is 294 g/mol. The van der Waals surface area contributed by atoms with Crippen LogP contribution in [0.15, 0.2) is 24.3 Å². The van der Waals surface area contributed by atoms with E-state index in [0.717, 1.165) is 12.1 Å². The molecule has 0 aromatic heterocycles. The van der Waals surface area contributed by atoms with Gasteiger partial charge < -0.3 is 9.84 Å². The molecule has 0 amide bonds. The Bertz CT molecular complexity index is 526. The summed E-state index contributed by atoms with van der Waals surface area (Å²) in [6.45, 7) is -1.61. The van der Waals surface area contributed by atoms with Crippen LogP contribution in [0.2, 0.25) is 0 Å². The van der Waals surface area contributed by atoms with Gasteiger partial charge >= 0.3 is 18.1 Å². The molecule has 0 saturated heterocycles. The van der Waals surface area contributed by atoms with Crippen molar-refractivity contribution in [3.63, 3.8) is 0 Å². The first-order chi connectivity index (χ1) is 9.12. The van der Waals surface area contributed by atoms with Crippen LogP contribution in [-0.4, -0.2) is 35.5 Å². The smallest absolute Gasteiger partial charge is 0.430 e. The molecule has 110 valence electrons. The van der Waals surface area contributed by atoms with Crippen molar-refractivity contribution in [1.82, 2.24) is 0 Å². The minimum Gasteiger partial charge on any atom is -0.478 e. The third-order valence-corrected chi connectivity index (χ3v) is 2.55. The highest BCUT2D eigenvalue weighted by Crippen LogP contribution is 2.34. The summed E-state index contributed by atoms with van der Waals surface area (Å²) in [6, 6.07) is 4.56. The molecule has 0 radical (unpaired) electrons. The van der Waals surface area contributed by atoms with Gasteiger partial charge in [0, 0.05) is 0 Å². The molecule has 0 heterocycles. The first kappa shape index (κ1) is 15.9. The van der Waals surface area contributed by atoms with Gasteiger partial charge in [0.15, 0.2) is 0 Å². The monoisotopic (exact) mass is 294 g/mol. The molecule has 0 aliphatic rings. The molecule has 1 N–H and O–H groups in total. The number of carboxylic acids is 1. The van der Waals surface area contributed by atoms with Crippen molar-refractivity contribution in [1.29, 1.82) is 0 Å². The van der Waals surface area contributed by atoms with Gasteiger partial charge in [-0.15, -0.1) is 0 Å². The van der Waals surface area contributed by atoms with Gasteiger partial charge in [-0.2, -0.15) is 13.2 Å². The molecule has 1 rings (SSSR count). The molecule has 0 spiro atoms. The largest absolute Gasteiger partial charge is 0.478 e. The highest BCUT2D eigenvalue weighted by atomic mass is 19.4. The van der Waals surface area contributed by atoms with Gasteiger partial charge in [0.05, 0.1) is 11.1 Å². The number of hydrogen-bond donors (Lipinski definition) is 1. The van der Waals surface area contributed by atoms with Crippen LogP contribution in [0, 0.1) is 0 Å². The highest BCUT2D eigenvalue weighted by molar-refractivity contribution is 6.02. The van der Waals surface area contributed by atoms with Gasteiger partial charge in [0.2, 0.25) is 5.60 Å². The maximum atomic E-state index is 12.6. The maximum Gasteiger partial charge on any atom is 0.430 e. The predicted molar refractivity (Wildman–Crippen MR) is 59.3 cm³/mol. The van der Waals surface area contributed by atoms with Crippen LogP contribution >= 0.6 is 0 Å². The summed E-state index contributed by atoms with van der Waals surface area (Å²) in [6.07, 6.45) is -5.12. The lowest BCUT2D eigenvalue weighted by Gasteiger charge is -2.28. The predicted octanol–water partition coefficient (Wildman–Crippen LogP) is 2.83. The first-order valence-electron chi connectivity index (χ1n) is 5.31. The quantitative estimate of drug-likeness (QED) is 0.685. The number of carbonyl (C=O) groups excluding carboxylic acids is 1. The van der Waals surface area contributed by atoms with Crippen LogP contribution in [0.4, 0.5) is 17.6 Å². The van der Waals surface area contributed by atoms with Gasteiger partial charge in [-0.3, -0.25) is 0 Å². The molecule has 20 heavy (non-hydrogen) atoms. The Labute approximate surface area is 111 Å². The zero-order chi connectivity index (χ0) is 15.6. The van der Waals surface area contributed by atoms with E-state index in [4.69, 9.17) is 5.11 Å². The number of carboxylic acid groups (broad SMARTS) is 1. The molecular weight excluding hydrogens is 284 g/mol. The third-order valence-electron chi connectivity index (χ3n) is 2.55. The van der Waals surface area contributed by atoms with E-state index in [1.165, 1.54) is 12.1 Å². The van der Waals surface area contributed by atoms with E-state index in [-0.39, 0.29) is 0 Å². The number of alkyl halides is 4. The lowest BCUT2D eigenvalue weighted by Crippen LogP contribution is -2.48.